The number of para-hydroxylation sites is 1. The quantitative estimate of drug-likeness (QED) is 0.736. The number of amides is 1. The maximum atomic E-state index is 12.5. The summed E-state index contributed by atoms with van der Waals surface area (Å²) in [6, 6.07) is 7.65. The van der Waals surface area contributed by atoms with Gasteiger partial charge in [0, 0.05) is 24.0 Å². The molecule has 8 nitrogen and oxygen atoms in total. The van der Waals surface area contributed by atoms with E-state index >= 15 is 0 Å². The lowest BCUT2D eigenvalue weighted by atomic mass is 10.00. The molecule has 0 saturated carbocycles. The molecule has 1 unspecified atom stereocenters. The van der Waals surface area contributed by atoms with E-state index in [2.05, 4.69) is 20.4 Å². The number of hydrogen-bond donors (Lipinski definition) is 2. The zero-order valence-corrected chi connectivity index (χ0v) is 14.4. The number of H-pyrrole nitrogens is 1. The molecule has 1 atom stereocenters. The van der Waals surface area contributed by atoms with Crippen molar-refractivity contribution < 1.29 is 9.53 Å². The zero-order chi connectivity index (χ0) is 18.1. The highest BCUT2D eigenvalue weighted by Gasteiger charge is 2.22. The van der Waals surface area contributed by atoms with Crippen LogP contribution in [0.25, 0.3) is 5.78 Å². The molecular weight excluding hydrogens is 334 g/mol. The Morgan fingerprint density at radius 1 is 1.42 bits per heavy atom. The summed E-state index contributed by atoms with van der Waals surface area (Å²) < 4.78 is 6.90. The van der Waals surface area contributed by atoms with Gasteiger partial charge < -0.3 is 10.1 Å². The number of hydrogen-bond acceptors (Lipinski definition) is 5. The van der Waals surface area contributed by atoms with Crippen molar-refractivity contribution in [3.8, 4) is 5.75 Å². The van der Waals surface area contributed by atoms with E-state index in [1.165, 1.54) is 10.8 Å². The average molecular weight is 353 g/mol. The molecule has 0 radical (unpaired) electrons. The van der Waals surface area contributed by atoms with Crippen LogP contribution in [0.5, 0.6) is 5.75 Å². The summed E-state index contributed by atoms with van der Waals surface area (Å²) in [5, 5.41) is 5.78. The van der Waals surface area contributed by atoms with Crippen LogP contribution in [0, 0.1) is 6.92 Å². The second kappa shape index (κ2) is 6.62. The summed E-state index contributed by atoms with van der Waals surface area (Å²) in [4.78, 5) is 33.2. The average Bonchev–Trinajstić information content (AvgIpc) is 3.10. The molecule has 26 heavy (non-hydrogen) atoms. The minimum Gasteiger partial charge on any atom is -0.493 e. The van der Waals surface area contributed by atoms with Crippen LogP contribution in [0.4, 0.5) is 0 Å². The van der Waals surface area contributed by atoms with Gasteiger partial charge in [-0.05, 0) is 19.4 Å². The Labute approximate surface area is 149 Å². The van der Waals surface area contributed by atoms with E-state index in [4.69, 9.17) is 4.74 Å². The molecule has 3 aromatic rings. The monoisotopic (exact) mass is 353 g/mol. The van der Waals surface area contributed by atoms with Crippen LogP contribution < -0.4 is 15.6 Å². The highest BCUT2D eigenvalue weighted by molar-refractivity contribution is 5.77. The van der Waals surface area contributed by atoms with E-state index < -0.39 is 0 Å². The summed E-state index contributed by atoms with van der Waals surface area (Å²) in [5.41, 5.74) is 1.90. The maximum Gasteiger partial charge on any atom is 0.277 e. The number of benzene rings is 1. The number of nitrogens with zero attached hydrogens (tertiary/aromatic N) is 3. The van der Waals surface area contributed by atoms with E-state index in [1.807, 2.05) is 24.3 Å². The summed E-state index contributed by atoms with van der Waals surface area (Å²) in [7, 11) is 0. The Morgan fingerprint density at radius 2 is 2.27 bits per heavy atom. The lowest BCUT2D eigenvalue weighted by molar-refractivity contribution is -0.122. The molecule has 2 N–H and O–H groups in total. The molecule has 2 aromatic heterocycles. The highest BCUT2D eigenvalue weighted by atomic mass is 16.5. The molecule has 3 heterocycles. The first-order valence-corrected chi connectivity index (χ1v) is 8.56. The second-order valence-corrected chi connectivity index (χ2v) is 6.30. The minimum atomic E-state index is -0.214. The van der Waals surface area contributed by atoms with Gasteiger partial charge in [-0.3, -0.25) is 14.7 Å². The molecule has 1 aliphatic heterocycles. The van der Waals surface area contributed by atoms with Crippen molar-refractivity contribution in [2.24, 2.45) is 0 Å². The topological polar surface area (TPSA) is 101 Å². The molecule has 0 saturated heterocycles. The third-order valence-electron chi connectivity index (χ3n) is 4.63. The highest BCUT2D eigenvalue weighted by Crippen LogP contribution is 2.31. The second-order valence-electron chi connectivity index (χ2n) is 6.30. The van der Waals surface area contributed by atoms with Gasteiger partial charge in [0.25, 0.3) is 11.3 Å². The number of aromatic nitrogens is 4. The van der Waals surface area contributed by atoms with Gasteiger partial charge in [-0.25, -0.2) is 9.97 Å². The first kappa shape index (κ1) is 16.3. The normalized spacial score (nSPS) is 16.1. The van der Waals surface area contributed by atoms with Crippen molar-refractivity contribution in [2.45, 2.75) is 32.2 Å². The van der Waals surface area contributed by atoms with Gasteiger partial charge in [-0.15, -0.1) is 0 Å². The minimum absolute atomic E-state index is 0.0668. The van der Waals surface area contributed by atoms with Crippen molar-refractivity contribution in [1.29, 1.82) is 0 Å². The van der Waals surface area contributed by atoms with Gasteiger partial charge in [0.1, 0.15) is 12.1 Å². The number of nitrogens with one attached hydrogen (secondary N) is 2. The third kappa shape index (κ3) is 2.94. The first-order chi connectivity index (χ1) is 12.6. The van der Waals surface area contributed by atoms with Crippen LogP contribution in [0.3, 0.4) is 0 Å². The van der Waals surface area contributed by atoms with Crippen molar-refractivity contribution in [2.75, 3.05) is 6.61 Å². The molecule has 1 aromatic carbocycles. The standard InChI is InChI=1S/C18H19N5O3/c1-11-12(17(25)23-18(21-11)19-10-20-23)6-7-16(24)22-14-8-9-26-15-5-3-2-4-13(14)15/h2-5,10,14H,6-9H2,1H3,(H,22,24)(H,19,20,21). The summed E-state index contributed by atoms with van der Waals surface area (Å²) in [6.45, 7) is 2.33. The van der Waals surface area contributed by atoms with Crippen molar-refractivity contribution >= 4 is 11.7 Å². The summed E-state index contributed by atoms with van der Waals surface area (Å²) in [6.07, 6.45) is 2.70. The molecule has 0 fully saturated rings. The fourth-order valence-electron chi connectivity index (χ4n) is 3.28. The van der Waals surface area contributed by atoms with E-state index in [-0.39, 0.29) is 23.9 Å². The van der Waals surface area contributed by atoms with E-state index in [9.17, 15) is 9.59 Å². The lowest BCUT2D eigenvalue weighted by Gasteiger charge is -2.26. The summed E-state index contributed by atoms with van der Waals surface area (Å²) in [5.74, 6) is 1.05. The molecule has 1 amide bonds. The van der Waals surface area contributed by atoms with E-state index in [0.29, 0.717) is 30.1 Å². The molecule has 1 aliphatic rings. The number of ether oxygens (including phenoxy) is 1. The van der Waals surface area contributed by atoms with E-state index in [0.717, 1.165) is 17.7 Å². The SMILES string of the molecule is Cc1nc2nc[nH]n2c(=O)c1CCC(=O)NC1CCOc2ccccc21. The Bertz CT molecular complexity index is 1020. The molecular formula is C18H19N5O3. The van der Waals surface area contributed by atoms with Gasteiger partial charge in [-0.1, -0.05) is 18.2 Å². The van der Waals surface area contributed by atoms with Crippen LogP contribution in [-0.2, 0) is 11.2 Å². The number of aromatic amines is 1. The molecule has 134 valence electrons. The van der Waals surface area contributed by atoms with Crippen molar-refractivity contribution in [1.82, 2.24) is 24.9 Å². The van der Waals surface area contributed by atoms with Crippen LogP contribution in [-0.4, -0.2) is 32.1 Å². The van der Waals surface area contributed by atoms with Crippen LogP contribution >= 0.6 is 0 Å². The fraction of sp³-hybridized carbons (Fsp3) is 0.333. The van der Waals surface area contributed by atoms with Crippen LogP contribution in [0.1, 0.15) is 35.7 Å². The fourth-order valence-corrected chi connectivity index (χ4v) is 3.28. The third-order valence-corrected chi connectivity index (χ3v) is 4.63. The zero-order valence-electron chi connectivity index (χ0n) is 14.4. The van der Waals surface area contributed by atoms with Gasteiger partial charge >= 0.3 is 0 Å². The number of carbonyl (C=O) groups excluding carboxylic acids is 1. The Hall–Kier alpha value is -3.16. The van der Waals surface area contributed by atoms with Gasteiger partial charge in [0.2, 0.25) is 5.91 Å². The molecule has 4 rings (SSSR count). The van der Waals surface area contributed by atoms with Crippen molar-refractivity contribution in [3.63, 3.8) is 0 Å². The van der Waals surface area contributed by atoms with Crippen LogP contribution in [0.15, 0.2) is 35.4 Å². The van der Waals surface area contributed by atoms with Crippen LogP contribution in [0.2, 0.25) is 0 Å². The number of carbonyl (C=O) groups is 1. The predicted molar refractivity (Wildman–Crippen MR) is 94.1 cm³/mol. The van der Waals surface area contributed by atoms with Crippen molar-refractivity contribution in [3.05, 3.63) is 57.8 Å². The van der Waals surface area contributed by atoms with E-state index in [1.54, 1.807) is 6.92 Å². The molecule has 0 bridgehead atoms. The Kier molecular flexibility index (Phi) is 4.16. The van der Waals surface area contributed by atoms with Gasteiger partial charge in [0.05, 0.1) is 18.3 Å². The molecule has 8 heteroatoms. The Morgan fingerprint density at radius 3 is 3.15 bits per heavy atom. The summed E-state index contributed by atoms with van der Waals surface area (Å²) >= 11 is 0. The number of aryl methyl sites for hydroxylation is 1. The smallest absolute Gasteiger partial charge is 0.277 e. The maximum absolute atomic E-state index is 12.5. The largest absolute Gasteiger partial charge is 0.493 e. The Balaban J connectivity index is 1.46. The predicted octanol–water partition coefficient (Wildman–Crippen LogP) is 1.30. The first-order valence-electron chi connectivity index (χ1n) is 8.56. The lowest BCUT2D eigenvalue weighted by Crippen LogP contribution is -2.33. The molecule has 0 aliphatic carbocycles. The number of rotatable bonds is 4. The van der Waals surface area contributed by atoms with Gasteiger partial charge in [0.15, 0.2) is 0 Å². The molecule has 0 spiro atoms. The number of fused-ring (bicyclic) bond motifs is 2. The van der Waals surface area contributed by atoms with Gasteiger partial charge in [-0.2, -0.15) is 4.52 Å².